The quantitative estimate of drug-likeness (QED) is 0.864. The van der Waals surface area contributed by atoms with Gasteiger partial charge in [-0.25, -0.2) is 0 Å². The molecule has 2 rings (SSSR count). The van der Waals surface area contributed by atoms with Crippen LogP contribution in [0.4, 0.5) is 0 Å². The maximum atomic E-state index is 12.1. The molecule has 0 amide bonds. The highest BCUT2D eigenvalue weighted by Crippen LogP contribution is 2.30. The molecule has 2 atom stereocenters. The fraction of sp³-hybridized carbons (Fsp3) is 0.533. The topological polar surface area (TPSA) is 52.3 Å². The first-order chi connectivity index (χ1) is 9.20. The second-order valence-electron chi connectivity index (χ2n) is 5.12. The zero-order valence-corrected chi connectivity index (χ0v) is 12.6. The number of esters is 1. The van der Waals surface area contributed by atoms with E-state index in [4.69, 9.17) is 10.5 Å². The minimum absolute atomic E-state index is 0.00842. The van der Waals surface area contributed by atoms with Gasteiger partial charge < -0.3 is 10.5 Å². The molecule has 104 valence electrons. The molecule has 2 N–H and O–H groups in total. The molecule has 0 radical (unpaired) electrons. The zero-order chi connectivity index (χ0) is 13.7. The van der Waals surface area contributed by atoms with Crippen LogP contribution >= 0.6 is 15.9 Å². The summed E-state index contributed by atoms with van der Waals surface area (Å²) in [5, 5.41) is 0. The van der Waals surface area contributed by atoms with E-state index in [9.17, 15) is 4.79 Å². The largest absolute Gasteiger partial charge is 0.461 e. The van der Waals surface area contributed by atoms with Gasteiger partial charge in [0.1, 0.15) is 6.61 Å². The molecule has 1 aliphatic rings. The maximum Gasteiger partial charge on any atom is 0.309 e. The molecule has 1 aromatic carbocycles. The molecule has 0 heterocycles. The molecule has 3 nitrogen and oxygen atoms in total. The normalized spacial score (nSPS) is 23.1. The first kappa shape index (κ1) is 14.5. The number of carbonyl (C=O) groups is 1. The monoisotopic (exact) mass is 325 g/mol. The van der Waals surface area contributed by atoms with Crippen molar-refractivity contribution >= 4 is 21.9 Å². The van der Waals surface area contributed by atoms with Crippen molar-refractivity contribution in [3.63, 3.8) is 0 Å². The highest BCUT2D eigenvalue weighted by Gasteiger charge is 2.31. The number of hydrogen-bond donors (Lipinski definition) is 1. The molecule has 0 aliphatic heterocycles. The van der Waals surface area contributed by atoms with E-state index >= 15 is 0 Å². The highest BCUT2D eigenvalue weighted by atomic mass is 79.9. The lowest BCUT2D eigenvalue weighted by Crippen LogP contribution is -2.33. The summed E-state index contributed by atoms with van der Waals surface area (Å²) in [4.78, 5) is 12.1. The number of hydrogen-bond acceptors (Lipinski definition) is 3. The van der Waals surface area contributed by atoms with Crippen LogP contribution in [-0.4, -0.2) is 12.5 Å². The number of ether oxygens (including phenoxy) is 1. The molecule has 4 heteroatoms. The summed E-state index contributed by atoms with van der Waals surface area (Å²) < 4.78 is 6.44. The average Bonchev–Trinajstić information content (AvgIpc) is 2.45. The first-order valence-electron chi connectivity index (χ1n) is 6.82. The Bertz CT molecular complexity index is 436. The minimum Gasteiger partial charge on any atom is -0.461 e. The Morgan fingerprint density at radius 3 is 2.89 bits per heavy atom. The summed E-state index contributed by atoms with van der Waals surface area (Å²) in [5.74, 6) is 0.199. The molecule has 0 bridgehead atoms. The predicted molar refractivity (Wildman–Crippen MR) is 78.4 cm³/mol. The lowest BCUT2D eigenvalue weighted by molar-refractivity contribution is -0.153. The van der Waals surface area contributed by atoms with E-state index in [-0.39, 0.29) is 11.9 Å². The summed E-state index contributed by atoms with van der Waals surface area (Å²) in [6.07, 6.45) is 4.25. The van der Waals surface area contributed by atoms with Crippen LogP contribution in [0, 0.1) is 11.8 Å². The van der Waals surface area contributed by atoms with Gasteiger partial charge in [-0.1, -0.05) is 40.9 Å². The Morgan fingerprint density at radius 2 is 2.16 bits per heavy atom. The van der Waals surface area contributed by atoms with E-state index in [1.165, 1.54) is 6.42 Å². The third-order valence-corrected chi connectivity index (χ3v) is 4.28. The van der Waals surface area contributed by atoms with Crippen molar-refractivity contribution in [2.75, 3.05) is 6.54 Å². The van der Waals surface area contributed by atoms with Crippen LogP contribution in [0.5, 0.6) is 0 Å². The maximum absolute atomic E-state index is 12.1. The van der Waals surface area contributed by atoms with Crippen molar-refractivity contribution < 1.29 is 9.53 Å². The van der Waals surface area contributed by atoms with Gasteiger partial charge in [-0.05, 0) is 43.0 Å². The predicted octanol–water partition coefficient (Wildman–Crippen LogP) is 3.26. The van der Waals surface area contributed by atoms with Crippen molar-refractivity contribution in [1.82, 2.24) is 0 Å². The van der Waals surface area contributed by atoms with Gasteiger partial charge in [-0.15, -0.1) is 0 Å². The molecule has 0 spiro atoms. The number of benzene rings is 1. The van der Waals surface area contributed by atoms with Gasteiger partial charge in [0.2, 0.25) is 0 Å². The van der Waals surface area contributed by atoms with E-state index in [0.29, 0.717) is 19.1 Å². The lowest BCUT2D eigenvalue weighted by Gasteiger charge is -2.28. The fourth-order valence-electron chi connectivity index (χ4n) is 2.69. The number of carbonyl (C=O) groups excluding carboxylic acids is 1. The molecule has 2 unspecified atom stereocenters. The van der Waals surface area contributed by atoms with E-state index in [0.717, 1.165) is 29.3 Å². The van der Waals surface area contributed by atoms with E-state index in [1.54, 1.807) is 0 Å². The fourth-order valence-corrected chi connectivity index (χ4v) is 3.13. The summed E-state index contributed by atoms with van der Waals surface area (Å²) in [5.41, 5.74) is 6.75. The summed E-state index contributed by atoms with van der Waals surface area (Å²) in [6, 6.07) is 7.82. The van der Waals surface area contributed by atoms with Crippen LogP contribution in [-0.2, 0) is 16.1 Å². The Labute approximate surface area is 122 Å². The van der Waals surface area contributed by atoms with Gasteiger partial charge in [-0.3, -0.25) is 4.79 Å². The van der Waals surface area contributed by atoms with E-state index < -0.39 is 0 Å². The Balaban J connectivity index is 1.89. The molecule has 1 saturated carbocycles. The van der Waals surface area contributed by atoms with E-state index in [2.05, 4.69) is 15.9 Å². The van der Waals surface area contributed by atoms with Gasteiger partial charge >= 0.3 is 5.97 Å². The Hall–Kier alpha value is -0.870. The molecule has 1 fully saturated rings. The minimum atomic E-state index is -0.0878. The first-order valence-corrected chi connectivity index (χ1v) is 7.61. The van der Waals surface area contributed by atoms with Crippen molar-refractivity contribution in [2.45, 2.75) is 32.3 Å². The number of nitrogens with two attached hydrogens (primary N) is 1. The molecule has 1 aliphatic carbocycles. The molecule has 0 aromatic heterocycles. The van der Waals surface area contributed by atoms with Crippen LogP contribution in [0.2, 0.25) is 0 Å². The molecule has 19 heavy (non-hydrogen) atoms. The van der Waals surface area contributed by atoms with Gasteiger partial charge in [0.25, 0.3) is 0 Å². The van der Waals surface area contributed by atoms with Crippen LogP contribution in [0.3, 0.4) is 0 Å². The number of rotatable bonds is 4. The molecular weight excluding hydrogens is 306 g/mol. The summed E-state index contributed by atoms with van der Waals surface area (Å²) >= 11 is 3.41. The van der Waals surface area contributed by atoms with E-state index in [1.807, 2.05) is 24.3 Å². The van der Waals surface area contributed by atoms with Crippen molar-refractivity contribution in [3.05, 3.63) is 34.3 Å². The molecule has 0 saturated heterocycles. The second-order valence-corrected chi connectivity index (χ2v) is 6.04. The zero-order valence-electron chi connectivity index (χ0n) is 11.0. The van der Waals surface area contributed by atoms with Crippen LogP contribution in [0.15, 0.2) is 28.7 Å². The summed E-state index contributed by atoms with van der Waals surface area (Å²) in [6.45, 7) is 0.919. The van der Waals surface area contributed by atoms with Crippen molar-refractivity contribution in [1.29, 1.82) is 0 Å². The molecular formula is C15H20BrNO2. The van der Waals surface area contributed by atoms with Gasteiger partial charge in [0.05, 0.1) is 5.92 Å². The third kappa shape index (κ3) is 4.05. The van der Waals surface area contributed by atoms with Gasteiger partial charge in [-0.2, -0.15) is 0 Å². The SMILES string of the molecule is NCC1CCCCC1C(=O)OCc1cccc(Br)c1. The lowest BCUT2D eigenvalue weighted by atomic mass is 9.79. The number of halogens is 1. The van der Waals surface area contributed by atoms with Gasteiger partial charge in [0.15, 0.2) is 0 Å². The van der Waals surface area contributed by atoms with Crippen molar-refractivity contribution in [3.8, 4) is 0 Å². The molecule has 1 aromatic rings. The van der Waals surface area contributed by atoms with Gasteiger partial charge in [0, 0.05) is 4.47 Å². The highest BCUT2D eigenvalue weighted by molar-refractivity contribution is 9.10. The standard InChI is InChI=1S/C15H20BrNO2/c16-13-6-3-4-11(8-13)10-19-15(18)14-7-2-1-5-12(14)9-17/h3-4,6,8,12,14H,1-2,5,7,9-10,17H2. The Kier molecular flexibility index (Phi) is 5.40. The third-order valence-electron chi connectivity index (χ3n) is 3.78. The van der Waals surface area contributed by atoms with Crippen molar-refractivity contribution in [2.24, 2.45) is 17.6 Å². The average molecular weight is 326 g/mol. The van der Waals surface area contributed by atoms with Crippen LogP contribution in [0.25, 0.3) is 0 Å². The summed E-state index contributed by atoms with van der Waals surface area (Å²) in [7, 11) is 0. The Morgan fingerprint density at radius 1 is 1.37 bits per heavy atom. The van der Waals surface area contributed by atoms with Crippen LogP contribution < -0.4 is 5.73 Å². The second kappa shape index (κ2) is 7.06. The smallest absolute Gasteiger partial charge is 0.309 e. The van der Waals surface area contributed by atoms with Crippen LogP contribution in [0.1, 0.15) is 31.2 Å².